The van der Waals surface area contributed by atoms with E-state index in [4.69, 9.17) is 19.5 Å². The average Bonchev–Trinajstić information content (AvgIpc) is 2.11. The van der Waals surface area contributed by atoms with Crippen LogP contribution in [0.25, 0.3) is 0 Å². The van der Waals surface area contributed by atoms with E-state index in [9.17, 15) is 0 Å². The molecule has 0 radical (unpaired) electrons. The Morgan fingerprint density at radius 2 is 1.86 bits per heavy atom. The van der Waals surface area contributed by atoms with Gasteiger partial charge in [0.25, 0.3) is 0 Å². The minimum absolute atomic E-state index is 0.508. The summed E-state index contributed by atoms with van der Waals surface area (Å²) in [5.74, 6) is 2.14. The van der Waals surface area contributed by atoms with Crippen molar-refractivity contribution >= 4 is 28.9 Å². The van der Waals surface area contributed by atoms with Gasteiger partial charge in [0.15, 0.2) is 0 Å². The zero-order chi connectivity index (χ0) is 11.2. The Morgan fingerprint density at radius 1 is 1.29 bits per heavy atom. The molecule has 6 heteroatoms. The third-order valence-electron chi connectivity index (χ3n) is 1.22. The van der Waals surface area contributed by atoms with Crippen molar-refractivity contribution in [1.82, 2.24) is 0 Å². The normalized spacial score (nSPS) is 16.1. The first kappa shape index (κ1) is 15.6. The Balaban J connectivity index is 3.98. The van der Waals surface area contributed by atoms with E-state index < -0.39 is 5.69 Å². The Labute approximate surface area is 108 Å². The minimum atomic E-state index is -2.05. The molecule has 1 atom stereocenters. The molecule has 0 spiro atoms. The van der Waals surface area contributed by atoms with Crippen LogP contribution in [0.4, 0.5) is 0 Å². The molecule has 85 valence electrons. The fourth-order valence-electron chi connectivity index (χ4n) is 0.561. The molecule has 0 N–H and O–H groups in total. The van der Waals surface area contributed by atoms with Gasteiger partial charge >= 0.3 is 109 Å². The van der Waals surface area contributed by atoms with Gasteiger partial charge in [-0.15, -0.1) is 0 Å². The summed E-state index contributed by atoms with van der Waals surface area (Å²) < 4.78 is 11.0. The summed E-state index contributed by atoms with van der Waals surface area (Å²) in [6.07, 6.45) is 0. The van der Waals surface area contributed by atoms with E-state index in [0.717, 1.165) is 5.75 Å². The van der Waals surface area contributed by atoms with Gasteiger partial charge in [-0.3, -0.25) is 0 Å². The van der Waals surface area contributed by atoms with E-state index >= 15 is 0 Å². The van der Waals surface area contributed by atoms with Gasteiger partial charge in [0, 0.05) is 0 Å². The predicted molar refractivity (Wildman–Crippen MR) is 63.5 cm³/mol. The maximum absolute atomic E-state index is 5.66. The molecule has 0 saturated carbocycles. The van der Waals surface area contributed by atoms with Crippen LogP contribution in [-0.2, 0) is 39.7 Å². The van der Waals surface area contributed by atoms with Gasteiger partial charge in [-0.2, -0.15) is 0 Å². The average molecular weight is 337 g/mol. The number of hydrogen-bond acceptors (Lipinski definition) is 4. The molecule has 0 aliphatic heterocycles. The molecular weight excluding hydrogens is 319 g/mol. The number of rotatable bonds is 7. The molecule has 0 aliphatic carbocycles. The molecule has 1 unspecified atom stereocenters. The topological polar surface area (TPSA) is 18.5 Å². The fraction of sp³-hybridized carbons (Fsp3) is 1.00. The third kappa shape index (κ3) is 7.84. The van der Waals surface area contributed by atoms with Gasteiger partial charge < -0.3 is 0 Å². The van der Waals surface area contributed by atoms with Crippen molar-refractivity contribution in [3.05, 3.63) is 0 Å². The van der Waals surface area contributed by atoms with Crippen LogP contribution >= 0.6 is 17.1 Å². The molecule has 0 bridgehead atoms. The van der Waals surface area contributed by atoms with E-state index in [-0.39, 0.29) is 0 Å². The molecule has 0 heterocycles. The van der Waals surface area contributed by atoms with Crippen molar-refractivity contribution in [2.24, 2.45) is 11.8 Å². The summed E-state index contributed by atoms with van der Waals surface area (Å²) >= 11 is 8.61. The summed E-state index contributed by atoms with van der Waals surface area (Å²) in [5.41, 5.74) is -2.05. The van der Waals surface area contributed by atoms with Gasteiger partial charge in [0.05, 0.1) is 0 Å². The van der Waals surface area contributed by atoms with Crippen molar-refractivity contribution in [2.75, 3.05) is 12.4 Å². The second kappa shape index (κ2) is 7.81. The molecule has 0 aliphatic rings. The summed E-state index contributed by atoms with van der Waals surface area (Å²) in [5, 5.41) is 0. The van der Waals surface area contributed by atoms with Crippen molar-refractivity contribution < 1.29 is 27.9 Å². The van der Waals surface area contributed by atoms with Gasteiger partial charge in [-0.05, 0) is 0 Å². The maximum atomic E-state index is 5.66. The van der Waals surface area contributed by atoms with Crippen LogP contribution in [0.3, 0.4) is 0 Å². The Kier molecular flexibility index (Phi) is 8.71. The predicted octanol–water partition coefficient (Wildman–Crippen LogP) is 3.75. The second-order valence-electron chi connectivity index (χ2n) is 3.90. The quantitative estimate of drug-likeness (QED) is 0.520. The van der Waals surface area contributed by atoms with Crippen LogP contribution < -0.4 is 0 Å². The number of hydrogen-bond donors (Lipinski definition) is 0. The van der Waals surface area contributed by atoms with Crippen molar-refractivity contribution in [1.29, 1.82) is 0 Å². The zero-order valence-electron chi connectivity index (χ0n) is 9.06. The van der Waals surface area contributed by atoms with E-state index in [1.54, 1.807) is 31.6 Å². The van der Waals surface area contributed by atoms with Crippen LogP contribution in [0.15, 0.2) is 0 Å². The van der Waals surface area contributed by atoms with Crippen LogP contribution in [0.1, 0.15) is 27.7 Å². The van der Waals surface area contributed by atoms with E-state index in [0.29, 0.717) is 18.4 Å². The molecule has 0 rings (SSSR count). The molecule has 0 amide bonds. The molecule has 0 saturated heterocycles. The Bertz CT molecular complexity index is 184. The summed E-state index contributed by atoms with van der Waals surface area (Å²) in [4.78, 5) is 0. The van der Waals surface area contributed by atoms with E-state index in [1.165, 1.54) is 0 Å². The summed E-state index contributed by atoms with van der Waals surface area (Å²) in [6.45, 7) is 9.27. The Morgan fingerprint density at radius 3 is 2.21 bits per heavy atom. The monoisotopic (exact) mass is 339 g/mol. The molecule has 0 aromatic carbocycles. The standard InChI is InChI=1S/C8H19O2PS2.Mo/c1-7(2)5-10-11(9,12)13-6-8(3)4;/h7-8H,5-6H2,1-4H3,(H,9,12);/q;+1/p-1. The van der Waals surface area contributed by atoms with Gasteiger partial charge in [0.1, 0.15) is 0 Å². The van der Waals surface area contributed by atoms with E-state index in [1.807, 2.05) is 0 Å². The van der Waals surface area contributed by atoms with Crippen molar-refractivity contribution in [3.63, 3.8) is 0 Å². The first-order chi connectivity index (χ1) is 6.39. The van der Waals surface area contributed by atoms with E-state index in [2.05, 4.69) is 27.7 Å². The van der Waals surface area contributed by atoms with Crippen molar-refractivity contribution in [2.45, 2.75) is 27.7 Å². The molecular formula is C8H18MoO2PS2. The molecule has 0 fully saturated rings. The molecule has 0 aromatic heterocycles. The van der Waals surface area contributed by atoms with Crippen LogP contribution in [0.2, 0.25) is 0 Å². The molecule has 0 aromatic rings. The van der Waals surface area contributed by atoms with Gasteiger partial charge in [-0.25, -0.2) is 0 Å². The van der Waals surface area contributed by atoms with Crippen LogP contribution in [-0.4, -0.2) is 12.4 Å². The third-order valence-corrected chi connectivity index (χ3v) is 9.49. The van der Waals surface area contributed by atoms with Gasteiger partial charge in [0.2, 0.25) is 0 Å². The first-order valence-corrected chi connectivity index (χ1v) is 9.65. The van der Waals surface area contributed by atoms with Crippen LogP contribution in [0.5, 0.6) is 0 Å². The van der Waals surface area contributed by atoms with Crippen molar-refractivity contribution in [3.8, 4) is 0 Å². The first-order valence-electron chi connectivity index (χ1n) is 4.60. The van der Waals surface area contributed by atoms with Gasteiger partial charge in [-0.1, -0.05) is 0 Å². The Hall–Kier alpha value is 1.61. The SMILES string of the molecule is CC(C)COP(=S)([O][Mo])SCC(C)C. The summed E-state index contributed by atoms with van der Waals surface area (Å²) in [6, 6.07) is 0. The second-order valence-corrected chi connectivity index (χ2v) is 11.2. The zero-order valence-corrected chi connectivity index (χ0v) is 13.6. The molecule has 2 nitrogen and oxygen atoms in total. The fourth-order valence-corrected chi connectivity index (χ4v) is 5.66. The van der Waals surface area contributed by atoms with Crippen LogP contribution in [0, 0.1) is 11.8 Å². The molecule has 14 heavy (non-hydrogen) atoms. The summed E-state index contributed by atoms with van der Waals surface area (Å²) in [7, 11) is 0.